The monoisotopic (exact) mass is 294 g/mol. The molecule has 6 nitrogen and oxygen atoms in total. The van der Waals surface area contributed by atoms with Gasteiger partial charge in [0.15, 0.2) is 0 Å². The first-order chi connectivity index (χ1) is 9.56. The van der Waals surface area contributed by atoms with E-state index >= 15 is 0 Å². The fourth-order valence-electron chi connectivity index (χ4n) is 2.53. The molecule has 0 aliphatic carbocycles. The number of nitrogens with one attached hydrogen (secondary N) is 2. The molecule has 3 rings (SSSR count). The summed E-state index contributed by atoms with van der Waals surface area (Å²) in [7, 11) is -3.45. The quantitative estimate of drug-likeness (QED) is 0.909. The third-order valence-corrected chi connectivity index (χ3v) is 5.19. The summed E-state index contributed by atoms with van der Waals surface area (Å²) in [6.45, 7) is 3.13. The third-order valence-electron chi connectivity index (χ3n) is 3.65. The minimum absolute atomic E-state index is 0.551. The van der Waals surface area contributed by atoms with Gasteiger partial charge in [-0.1, -0.05) is 6.42 Å². The Hall–Kier alpha value is -1.60. The zero-order chi connectivity index (χ0) is 14.2. The van der Waals surface area contributed by atoms with E-state index in [1.807, 2.05) is 13.0 Å². The lowest BCUT2D eigenvalue weighted by Gasteiger charge is -2.26. The van der Waals surface area contributed by atoms with Crippen LogP contribution in [-0.2, 0) is 10.2 Å². The SMILES string of the molecule is Cc1[nH]nc2cc(NS(=O)(=O)N3CCCCC3)ccc12. The zero-order valence-electron chi connectivity index (χ0n) is 11.4. The van der Waals surface area contributed by atoms with Crippen LogP contribution in [0.5, 0.6) is 0 Å². The van der Waals surface area contributed by atoms with E-state index in [1.165, 1.54) is 4.31 Å². The number of hydrogen-bond acceptors (Lipinski definition) is 3. The van der Waals surface area contributed by atoms with Crippen molar-refractivity contribution in [3.05, 3.63) is 23.9 Å². The molecule has 108 valence electrons. The van der Waals surface area contributed by atoms with Crippen molar-refractivity contribution in [2.75, 3.05) is 17.8 Å². The lowest BCUT2D eigenvalue weighted by molar-refractivity contribution is 0.349. The van der Waals surface area contributed by atoms with Crippen LogP contribution < -0.4 is 4.72 Å². The van der Waals surface area contributed by atoms with E-state index in [2.05, 4.69) is 14.9 Å². The molecule has 1 aliphatic heterocycles. The van der Waals surface area contributed by atoms with Crippen molar-refractivity contribution in [2.45, 2.75) is 26.2 Å². The van der Waals surface area contributed by atoms with Gasteiger partial charge in [0.1, 0.15) is 0 Å². The Morgan fingerprint density at radius 2 is 2.00 bits per heavy atom. The molecule has 1 fully saturated rings. The van der Waals surface area contributed by atoms with E-state index in [-0.39, 0.29) is 0 Å². The van der Waals surface area contributed by atoms with Gasteiger partial charge in [0, 0.05) is 24.2 Å². The lowest BCUT2D eigenvalue weighted by Crippen LogP contribution is -2.39. The molecule has 0 spiro atoms. The Bertz CT molecular complexity index is 717. The molecule has 20 heavy (non-hydrogen) atoms. The lowest BCUT2D eigenvalue weighted by atomic mass is 10.2. The molecule has 2 heterocycles. The van der Waals surface area contributed by atoms with E-state index in [0.29, 0.717) is 18.8 Å². The van der Waals surface area contributed by atoms with Gasteiger partial charge in [-0.25, -0.2) is 0 Å². The molecule has 0 unspecified atom stereocenters. The highest BCUT2D eigenvalue weighted by Gasteiger charge is 2.23. The molecule has 1 aliphatic rings. The average molecular weight is 294 g/mol. The summed E-state index contributed by atoms with van der Waals surface area (Å²) in [4.78, 5) is 0. The van der Waals surface area contributed by atoms with Crippen molar-refractivity contribution in [1.29, 1.82) is 0 Å². The summed E-state index contributed by atoms with van der Waals surface area (Å²) in [5.74, 6) is 0. The van der Waals surface area contributed by atoms with E-state index < -0.39 is 10.2 Å². The third kappa shape index (κ3) is 2.51. The number of aryl methyl sites for hydroxylation is 1. The molecule has 0 amide bonds. The molecule has 7 heteroatoms. The number of anilines is 1. The highest BCUT2D eigenvalue weighted by molar-refractivity contribution is 7.90. The van der Waals surface area contributed by atoms with Gasteiger partial charge in [0.2, 0.25) is 0 Å². The minimum atomic E-state index is -3.45. The predicted molar refractivity (Wildman–Crippen MR) is 78.8 cm³/mol. The Morgan fingerprint density at radius 3 is 2.75 bits per heavy atom. The van der Waals surface area contributed by atoms with Crippen LogP contribution in [-0.4, -0.2) is 36.0 Å². The maximum absolute atomic E-state index is 12.3. The van der Waals surface area contributed by atoms with E-state index in [0.717, 1.165) is 35.9 Å². The summed E-state index contributed by atoms with van der Waals surface area (Å²) in [6.07, 6.45) is 2.96. The first-order valence-electron chi connectivity index (χ1n) is 6.79. The molecular formula is C13H18N4O2S. The van der Waals surface area contributed by atoms with Gasteiger partial charge in [0.05, 0.1) is 11.2 Å². The Kier molecular flexibility index (Phi) is 3.39. The summed E-state index contributed by atoms with van der Waals surface area (Å²) in [5.41, 5.74) is 2.29. The van der Waals surface area contributed by atoms with Gasteiger partial charge in [-0.2, -0.15) is 17.8 Å². The Balaban J connectivity index is 1.84. The number of piperidine rings is 1. The van der Waals surface area contributed by atoms with Crippen LogP contribution in [0.25, 0.3) is 10.9 Å². The maximum atomic E-state index is 12.3. The molecule has 1 aromatic heterocycles. The van der Waals surface area contributed by atoms with Crippen LogP contribution in [0, 0.1) is 6.92 Å². The van der Waals surface area contributed by atoms with Crippen molar-refractivity contribution in [1.82, 2.24) is 14.5 Å². The van der Waals surface area contributed by atoms with Crippen molar-refractivity contribution >= 4 is 26.8 Å². The second kappa shape index (κ2) is 5.06. The number of hydrogen-bond donors (Lipinski definition) is 2. The van der Waals surface area contributed by atoms with Crippen LogP contribution in [0.15, 0.2) is 18.2 Å². The topological polar surface area (TPSA) is 78.1 Å². The second-order valence-corrected chi connectivity index (χ2v) is 6.82. The standard InChI is InChI=1S/C13H18N4O2S/c1-10-12-6-5-11(9-13(12)15-14-10)16-20(18,19)17-7-3-2-4-8-17/h5-6,9,16H,2-4,7-8H2,1H3,(H,14,15). The largest absolute Gasteiger partial charge is 0.301 e. The number of aromatic nitrogens is 2. The molecule has 0 saturated carbocycles. The van der Waals surface area contributed by atoms with E-state index in [1.54, 1.807) is 12.1 Å². The van der Waals surface area contributed by atoms with Crippen molar-refractivity contribution in [3.63, 3.8) is 0 Å². The Labute approximate surface area is 118 Å². The Morgan fingerprint density at radius 1 is 1.25 bits per heavy atom. The maximum Gasteiger partial charge on any atom is 0.301 e. The fraction of sp³-hybridized carbons (Fsp3) is 0.462. The number of rotatable bonds is 3. The highest BCUT2D eigenvalue weighted by atomic mass is 32.2. The van der Waals surface area contributed by atoms with Crippen molar-refractivity contribution in [3.8, 4) is 0 Å². The minimum Gasteiger partial charge on any atom is -0.282 e. The highest BCUT2D eigenvalue weighted by Crippen LogP contribution is 2.22. The summed E-state index contributed by atoms with van der Waals surface area (Å²) in [6, 6.07) is 5.40. The van der Waals surface area contributed by atoms with Crippen LogP contribution in [0.4, 0.5) is 5.69 Å². The molecule has 2 aromatic rings. The van der Waals surface area contributed by atoms with Gasteiger partial charge in [-0.15, -0.1) is 0 Å². The molecular weight excluding hydrogens is 276 g/mol. The summed E-state index contributed by atoms with van der Waals surface area (Å²) in [5, 5.41) is 8.05. The summed E-state index contributed by atoms with van der Waals surface area (Å²) < 4.78 is 28.7. The number of H-pyrrole nitrogens is 1. The van der Waals surface area contributed by atoms with Gasteiger partial charge in [-0.3, -0.25) is 9.82 Å². The van der Waals surface area contributed by atoms with E-state index in [4.69, 9.17) is 0 Å². The first kappa shape index (κ1) is 13.4. The van der Waals surface area contributed by atoms with Crippen molar-refractivity contribution < 1.29 is 8.42 Å². The zero-order valence-corrected chi connectivity index (χ0v) is 12.2. The van der Waals surface area contributed by atoms with Gasteiger partial charge in [-0.05, 0) is 38.0 Å². The fourth-order valence-corrected chi connectivity index (χ4v) is 3.82. The number of fused-ring (bicyclic) bond motifs is 1. The van der Waals surface area contributed by atoms with Crippen molar-refractivity contribution in [2.24, 2.45) is 0 Å². The second-order valence-electron chi connectivity index (χ2n) is 5.15. The molecule has 0 radical (unpaired) electrons. The van der Waals surface area contributed by atoms with Crippen LogP contribution >= 0.6 is 0 Å². The normalized spacial score (nSPS) is 17.4. The predicted octanol–water partition coefficient (Wildman–Crippen LogP) is 2.01. The molecule has 2 N–H and O–H groups in total. The number of benzene rings is 1. The summed E-state index contributed by atoms with van der Waals surface area (Å²) >= 11 is 0. The molecule has 1 aromatic carbocycles. The van der Waals surface area contributed by atoms with Gasteiger partial charge >= 0.3 is 10.2 Å². The van der Waals surface area contributed by atoms with E-state index in [9.17, 15) is 8.42 Å². The van der Waals surface area contributed by atoms with Crippen LogP contribution in [0.2, 0.25) is 0 Å². The average Bonchev–Trinajstić information content (AvgIpc) is 2.80. The molecule has 1 saturated heterocycles. The van der Waals surface area contributed by atoms with Gasteiger partial charge < -0.3 is 0 Å². The van der Waals surface area contributed by atoms with Crippen LogP contribution in [0.1, 0.15) is 25.0 Å². The molecule has 0 bridgehead atoms. The first-order valence-corrected chi connectivity index (χ1v) is 8.23. The van der Waals surface area contributed by atoms with Gasteiger partial charge in [0.25, 0.3) is 0 Å². The van der Waals surface area contributed by atoms with Crippen LogP contribution in [0.3, 0.4) is 0 Å². The molecule has 0 atom stereocenters. The number of nitrogens with zero attached hydrogens (tertiary/aromatic N) is 2. The number of aromatic amines is 1. The smallest absolute Gasteiger partial charge is 0.282 e.